The second-order valence-corrected chi connectivity index (χ2v) is 4.70. The molecule has 0 saturated heterocycles. The van der Waals surface area contributed by atoms with Crippen LogP contribution in [0.3, 0.4) is 0 Å². The predicted molar refractivity (Wildman–Crippen MR) is 77.3 cm³/mol. The first-order chi connectivity index (χ1) is 9.66. The number of aliphatic carboxylic acids is 1. The summed E-state index contributed by atoms with van der Waals surface area (Å²) >= 11 is 0. The molecule has 0 fully saturated rings. The van der Waals surface area contributed by atoms with Gasteiger partial charge < -0.3 is 10.4 Å². The van der Waals surface area contributed by atoms with Crippen molar-refractivity contribution in [3.8, 4) is 0 Å². The van der Waals surface area contributed by atoms with Gasteiger partial charge in [0.05, 0.1) is 12.1 Å². The zero-order valence-corrected chi connectivity index (χ0v) is 11.4. The largest absolute Gasteiger partial charge is 0.481 e. The van der Waals surface area contributed by atoms with Crippen LogP contribution in [0.5, 0.6) is 0 Å². The molecule has 104 valence electrons. The van der Waals surface area contributed by atoms with Crippen molar-refractivity contribution >= 4 is 5.97 Å². The van der Waals surface area contributed by atoms with Crippen molar-refractivity contribution in [1.82, 2.24) is 10.3 Å². The minimum Gasteiger partial charge on any atom is -0.481 e. The van der Waals surface area contributed by atoms with Crippen molar-refractivity contribution in [2.75, 3.05) is 0 Å². The molecule has 0 saturated carbocycles. The number of rotatable bonds is 6. The van der Waals surface area contributed by atoms with Crippen LogP contribution in [0, 0.1) is 0 Å². The summed E-state index contributed by atoms with van der Waals surface area (Å²) < 4.78 is 0. The maximum Gasteiger partial charge on any atom is 0.307 e. The van der Waals surface area contributed by atoms with Crippen LogP contribution in [0.25, 0.3) is 0 Å². The second kappa shape index (κ2) is 6.82. The molecule has 0 unspecified atom stereocenters. The summed E-state index contributed by atoms with van der Waals surface area (Å²) in [6.45, 7) is 2.67. The molecule has 0 spiro atoms. The number of nitrogens with zero attached hydrogens (tertiary/aromatic N) is 1. The van der Waals surface area contributed by atoms with Crippen LogP contribution in [0.2, 0.25) is 0 Å². The fraction of sp³-hybridized carbons (Fsp3) is 0.250. The van der Waals surface area contributed by atoms with Crippen LogP contribution in [-0.2, 0) is 17.8 Å². The lowest BCUT2D eigenvalue weighted by molar-refractivity contribution is -0.136. The monoisotopic (exact) mass is 270 g/mol. The van der Waals surface area contributed by atoms with Gasteiger partial charge >= 0.3 is 5.97 Å². The number of carbonyl (C=O) groups is 1. The summed E-state index contributed by atoms with van der Waals surface area (Å²) in [6.07, 6.45) is 1.82. The van der Waals surface area contributed by atoms with Crippen molar-refractivity contribution in [3.63, 3.8) is 0 Å². The Hall–Kier alpha value is -2.20. The Labute approximate surface area is 118 Å². The molecule has 2 rings (SSSR count). The van der Waals surface area contributed by atoms with Gasteiger partial charge in [-0.25, -0.2) is 0 Å². The van der Waals surface area contributed by atoms with E-state index in [1.807, 2.05) is 49.4 Å². The van der Waals surface area contributed by atoms with Crippen LogP contribution in [0.4, 0.5) is 0 Å². The van der Waals surface area contributed by atoms with Crippen LogP contribution >= 0.6 is 0 Å². The molecule has 0 aliphatic heterocycles. The molecule has 1 heterocycles. The van der Waals surface area contributed by atoms with Crippen LogP contribution in [-0.4, -0.2) is 16.1 Å². The maximum absolute atomic E-state index is 10.9. The number of pyridine rings is 1. The topological polar surface area (TPSA) is 62.2 Å². The Balaban J connectivity index is 2.02. The molecule has 4 heteroatoms. The Morgan fingerprint density at radius 2 is 1.90 bits per heavy atom. The minimum atomic E-state index is -0.810. The number of benzene rings is 1. The fourth-order valence-corrected chi connectivity index (χ4v) is 2.07. The van der Waals surface area contributed by atoms with Crippen molar-refractivity contribution < 1.29 is 9.90 Å². The van der Waals surface area contributed by atoms with E-state index >= 15 is 0 Å². The number of hydrogen-bond acceptors (Lipinski definition) is 3. The van der Waals surface area contributed by atoms with Gasteiger partial charge in [0.15, 0.2) is 0 Å². The van der Waals surface area contributed by atoms with Crippen molar-refractivity contribution in [2.45, 2.75) is 25.9 Å². The molecular weight excluding hydrogens is 252 g/mol. The van der Waals surface area contributed by atoms with Crippen molar-refractivity contribution in [3.05, 3.63) is 65.5 Å². The van der Waals surface area contributed by atoms with Gasteiger partial charge in [-0.1, -0.05) is 30.3 Å². The van der Waals surface area contributed by atoms with E-state index in [9.17, 15) is 4.79 Å². The second-order valence-electron chi connectivity index (χ2n) is 4.70. The first-order valence-electron chi connectivity index (χ1n) is 6.59. The first-order valence-corrected chi connectivity index (χ1v) is 6.59. The lowest BCUT2D eigenvalue weighted by Gasteiger charge is -2.15. The van der Waals surface area contributed by atoms with Crippen LogP contribution < -0.4 is 5.32 Å². The number of aromatic nitrogens is 1. The SMILES string of the molecule is C[C@H](NCc1ccccc1CC(=O)O)c1ccccn1. The molecule has 0 radical (unpaired) electrons. The normalized spacial score (nSPS) is 12.1. The molecule has 0 aliphatic carbocycles. The Morgan fingerprint density at radius 1 is 1.20 bits per heavy atom. The number of hydrogen-bond donors (Lipinski definition) is 2. The number of carboxylic acids is 1. The predicted octanol–water partition coefficient (Wildman–Crippen LogP) is 2.56. The molecule has 1 atom stereocenters. The van der Waals surface area contributed by atoms with E-state index in [2.05, 4.69) is 10.3 Å². The molecule has 2 N–H and O–H groups in total. The summed E-state index contributed by atoms with van der Waals surface area (Å²) in [6, 6.07) is 13.5. The third-order valence-corrected chi connectivity index (χ3v) is 3.19. The molecule has 1 aromatic heterocycles. The van der Waals surface area contributed by atoms with E-state index in [0.717, 1.165) is 16.8 Å². The van der Waals surface area contributed by atoms with Crippen molar-refractivity contribution in [2.24, 2.45) is 0 Å². The lowest BCUT2D eigenvalue weighted by atomic mass is 10.0. The van der Waals surface area contributed by atoms with E-state index in [1.54, 1.807) is 6.20 Å². The fourth-order valence-electron chi connectivity index (χ4n) is 2.07. The van der Waals surface area contributed by atoms with Gasteiger partial charge in [0.25, 0.3) is 0 Å². The minimum absolute atomic E-state index is 0.0514. The molecule has 0 aliphatic rings. The van der Waals surface area contributed by atoms with E-state index in [4.69, 9.17) is 5.11 Å². The van der Waals surface area contributed by atoms with E-state index in [1.165, 1.54) is 0 Å². The van der Waals surface area contributed by atoms with E-state index in [-0.39, 0.29) is 12.5 Å². The lowest BCUT2D eigenvalue weighted by Crippen LogP contribution is -2.20. The van der Waals surface area contributed by atoms with E-state index in [0.29, 0.717) is 6.54 Å². The molecule has 0 bridgehead atoms. The molecule has 20 heavy (non-hydrogen) atoms. The highest BCUT2D eigenvalue weighted by molar-refractivity contribution is 5.70. The summed E-state index contributed by atoms with van der Waals surface area (Å²) in [5.41, 5.74) is 2.83. The molecule has 4 nitrogen and oxygen atoms in total. The highest BCUT2D eigenvalue weighted by atomic mass is 16.4. The third-order valence-electron chi connectivity index (χ3n) is 3.19. The molecular formula is C16H18N2O2. The highest BCUT2D eigenvalue weighted by Crippen LogP contribution is 2.13. The molecule has 1 aromatic carbocycles. The van der Waals surface area contributed by atoms with Gasteiger partial charge in [-0.2, -0.15) is 0 Å². The van der Waals surface area contributed by atoms with Gasteiger partial charge in [-0.15, -0.1) is 0 Å². The summed E-state index contributed by atoms with van der Waals surface area (Å²) in [5, 5.41) is 12.3. The Morgan fingerprint density at radius 3 is 2.55 bits per heavy atom. The van der Waals surface area contributed by atoms with E-state index < -0.39 is 5.97 Å². The van der Waals surface area contributed by atoms with Gasteiger partial charge in [-0.3, -0.25) is 9.78 Å². The number of nitrogens with one attached hydrogen (secondary N) is 1. The van der Waals surface area contributed by atoms with Gasteiger partial charge in [-0.05, 0) is 30.2 Å². The Bertz CT molecular complexity index is 570. The third kappa shape index (κ3) is 3.90. The summed E-state index contributed by atoms with van der Waals surface area (Å²) in [7, 11) is 0. The molecule has 2 aromatic rings. The quantitative estimate of drug-likeness (QED) is 0.847. The summed E-state index contributed by atoms with van der Waals surface area (Å²) in [4.78, 5) is 15.2. The van der Waals surface area contributed by atoms with Gasteiger partial charge in [0.1, 0.15) is 0 Å². The smallest absolute Gasteiger partial charge is 0.307 e. The number of carboxylic acid groups (broad SMARTS) is 1. The van der Waals surface area contributed by atoms with Crippen LogP contribution in [0.1, 0.15) is 29.8 Å². The Kier molecular flexibility index (Phi) is 4.85. The highest BCUT2D eigenvalue weighted by Gasteiger charge is 2.09. The van der Waals surface area contributed by atoms with Crippen molar-refractivity contribution in [1.29, 1.82) is 0 Å². The maximum atomic E-state index is 10.9. The average molecular weight is 270 g/mol. The molecule has 0 amide bonds. The standard InChI is InChI=1S/C16H18N2O2/c1-12(15-8-4-5-9-17-15)18-11-14-7-3-2-6-13(14)10-16(19)20/h2-9,12,18H,10-11H2,1H3,(H,19,20)/t12-/m0/s1. The van der Waals surface area contributed by atoms with Gasteiger partial charge in [0.2, 0.25) is 0 Å². The summed E-state index contributed by atoms with van der Waals surface area (Å²) in [5.74, 6) is -0.810. The zero-order chi connectivity index (χ0) is 14.4. The zero-order valence-electron chi connectivity index (χ0n) is 11.4. The van der Waals surface area contributed by atoms with Gasteiger partial charge in [0, 0.05) is 18.8 Å². The first kappa shape index (κ1) is 14.2. The average Bonchev–Trinajstić information content (AvgIpc) is 2.46. The van der Waals surface area contributed by atoms with Crippen LogP contribution in [0.15, 0.2) is 48.7 Å².